The van der Waals surface area contributed by atoms with Crippen LogP contribution in [-0.4, -0.2) is 164 Å². The molecule has 3 heterocycles. The highest BCUT2D eigenvalue weighted by atomic mass is 32.1. The number of aliphatic hydroxyl groups excluding tert-OH is 3. The molecule has 15 nitrogen and oxygen atoms in total. The van der Waals surface area contributed by atoms with E-state index in [1.807, 2.05) is 32.8 Å². The smallest absolute Gasteiger partial charge is 0.311 e. The molecule has 0 aromatic heterocycles. The van der Waals surface area contributed by atoms with Gasteiger partial charge in [0.2, 0.25) is 0 Å². The molecular formula is C44H74FN3O12S. The van der Waals surface area contributed by atoms with Crippen LogP contribution >= 0.6 is 12.2 Å². The van der Waals surface area contributed by atoms with Crippen molar-refractivity contribution in [3.05, 3.63) is 30.1 Å². The Bertz CT molecular complexity index is 1610. The molecule has 3 saturated heterocycles. The summed E-state index contributed by atoms with van der Waals surface area (Å²) in [6.07, 6.45) is -9.57. The fourth-order valence-corrected chi connectivity index (χ4v) is 9.90. The van der Waals surface area contributed by atoms with Crippen LogP contribution in [0.4, 0.5) is 10.1 Å². The number of likely N-dealkylation sites (N-methyl/N-ethyl adjacent to an activating group) is 1. The number of nitrogens with one attached hydrogen (secondary N) is 1. The van der Waals surface area contributed by atoms with Crippen LogP contribution in [0.3, 0.4) is 0 Å². The number of thiocarbonyl (C=S) groups is 1. The van der Waals surface area contributed by atoms with Gasteiger partial charge in [-0.25, -0.2) is 4.39 Å². The number of ether oxygens (including phenoxy) is 6. The number of methoxy groups -OCH3 is 1. The number of carbonyl (C=O) groups excluding carboxylic acids is 1. The largest absolute Gasteiger partial charge is 0.459 e. The van der Waals surface area contributed by atoms with E-state index in [0.717, 1.165) is 0 Å². The zero-order valence-electron chi connectivity index (χ0n) is 38.3. The van der Waals surface area contributed by atoms with Crippen LogP contribution in [-0.2, 0) is 33.2 Å². The molecule has 61 heavy (non-hydrogen) atoms. The summed E-state index contributed by atoms with van der Waals surface area (Å²) in [5.74, 6) is -3.60. The van der Waals surface area contributed by atoms with Crippen LogP contribution in [0, 0.1) is 23.6 Å². The van der Waals surface area contributed by atoms with E-state index in [1.165, 1.54) is 32.2 Å². The lowest BCUT2D eigenvalue weighted by Crippen LogP contribution is -2.61. The molecule has 0 aliphatic carbocycles. The second-order valence-corrected chi connectivity index (χ2v) is 19.2. The van der Waals surface area contributed by atoms with Gasteiger partial charge >= 0.3 is 5.97 Å². The van der Waals surface area contributed by atoms with Crippen molar-refractivity contribution in [3.63, 3.8) is 0 Å². The normalized spacial score (nSPS) is 43.6. The topological polar surface area (TPSA) is 192 Å². The molecule has 18 atom stereocenters. The van der Waals surface area contributed by atoms with Gasteiger partial charge in [-0.05, 0) is 118 Å². The quantitative estimate of drug-likeness (QED) is 0.163. The van der Waals surface area contributed by atoms with Crippen LogP contribution < -0.4 is 5.32 Å². The minimum atomic E-state index is -2.01. The summed E-state index contributed by atoms with van der Waals surface area (Å²) in [4.78, 5) is 18.0. The second kappa shape index (κ2) is 20.8. The number of benzene rings is 1. The van der Waals surface area contributed by atoms with E-state index in [9.17, 15) is 34.7 Å². The van der Waals surface area contributed by atoms with E-state index in [0.29, 0.717) is 12.1 Å². The molecule has 2 unspecified atom stereocenters. The summed E-state index contributed by atoms with van der Waals surface area (Å²) >= 11 is 5.89. The van der Waals surface area contributed by atoms with Gasteiger partial charge in [0.05, 0.1) is 47.6 Å². The van der Waals surface area contributed by atoms with Crippen LogP contribution in [0.1, 0.15) is 94.9 Å². The molecule has 4 rings (SSSR count). The van der Waals surface area contributed by atoms with Crippen molar-refractivity contribution in [3.8, 4) is 0 Å². The van der Waals surface area contributed by atoms with Crippen molar-refractivity contribution in [2.75, 3.05) is 33.1 Å². The lowest BCUT2D eigenvalue weighted by molar-refractivity contribution is -0.318. The predicted octanol–water partition coefficient (Wildman–Crippen LogP) is 3.81. The van der Waals surface area contributed by atoms with E-state index >= 15 is 0 Å². The van der Waals surface area contributed by atoms with Gasteiger partial charge in [0, 0.05) is 37.7 Å². The Morgan fingerprint density at radius 1 is 1.02 bits per heavy atom. The number of hydrogen-bond acceptors (Lipinski definition) is 14. The Morgan fingerprint density at radius 3 is 2.26 bits per heavy atom. The third-order valence-corrected chi connectivity index (χ3v) is 13.6. The summed E-state index contributed by atoms with van der Waals surface area (Å²) in [7, 11) is 5.21. The molecule has 17 heteroatoms. The highest BCUT2D eigenvalue weighted by Crippen LogP contribution is 2.40. The van der Waals surface area contributed by atoms with Crippen molar-refractivity contribution < 1.29 is 63.1 Å². The molecule has 0 saturated carbocycles. The SMILES string of the molecule is CC[C@H]1OC(=O)[C@H](C)[C@@H](O[C@H]2C[C@@](C)(OC)[C@@H](O)[C@H](C)O2)[C@H](C)[C@@H](OC2O[C@H](C)C[C@H](N(C)C)[C@H]2O)C(C)(O)C[C@@H](C)CN(C(=S)Nc2cccc(F)c2)[C@H](C)[C@@H](O)[C@]1(C)O. The summed E-state index contributed by atoms with van der Waals surface area (Å²) in [6.45, 7) is 17.2. The van der Waals surface area contributed by atoms with Crippen LogP contribution in [0.2, 0.25) is 0 Å². The van der Waals surface area contributed by atoms with Crippen molar-refractivity contribution >= 4 is 29.0 Å². The zero-order chi connectivity index (χ0) is 45.9. The maximum Gasteiger partial charge on any atom is 0.311 e. The van der Waals surface area contributed by atoms with Gasteiger partial charge in [-0.1, -0.05) is 26.8 Å². The third kappa shape index (κ3) is 12.0. The number of cyclic esters (lactones) is 1. The first kappa shape index (κ1) is 51.5. The van der Waals surface area contributed by atoms with Gasteiger partial charge in [0.1, 0.15) is 35.8 Å². The summed E-state index contributed by atoms with van der Waals surface area (Å²) in [5, 5.41) is 62.8. The molecule has 6 N–H and O–H groups in total. The van der Waals surface area contributed by atoms with E-state index in [2.05, 4.69) is 5.32 Å². The lowest BCUT2D eigenvalue weighted by atomic mass is 9.77. The molecule has 0 amide bonds. The second-order valence-electron chi connectivity index (χ2n) is 18.8. The Labute approximate surface area is 367 Å². The van der Waals surface area contributed by atoms with E-state index in [-0.39, 0.29) is 43.1 Å². The number of hydrogen-bond donors (Lipinski definition) is 6. The number of halogens is 1. The monoisotopic (exact) mass is 887 g/mol. The minimum absolute atomic E-state index is 0.0593. The molecule has 1 aromatic rings. The van der Waals surface area contributed by atoms with Gasteiger partial charge in [-0.2, -0.15) is 0 Å². The summed E-state index contributed by atoms with van der Waals surface area (Å²) < 4.78 is 52.1. The van der Waals surface area contributed by atoms with Gasteiger partial charge < -0.3 is 69.1 Å². The summed E-state index contributed by atoms with van der Waals surface area (Å²) in [5.41, 5.74) is -4.43. The molecule has 3 aliphatic rings. The highest BCUT2D eigenvalue weighted by molar-refractivity contribution is 7.80. The number of carbonyl (C=O) groups is 1. The Morgan fingerprint density at radius 2 is 1.67 bits per heavy atom. The van der Waals surface area contributed by atoms with Crippen molar-refractivity contribution in [1.29, 1.82) is 0 Å². The van der Waals surface area contributed by atoms with Crippen molar-refractivity contribution in [2.45, 2.75) is 185 Å². The molecule has 0 bridgehead atoms. The number of esters is 1. The zero-order valence-corrected chi connectivity index (χ0v) is 39.1. The minimum Gasteiger partial charge on any atom is -0.459 e. The Balaban J connectivity index is 1.86. The van der Waals surface area contributed by atoms with Gasteiger partial charge in [-0.3, -0.25) is 4.79 Å². The number of anilines is 1. The molecule has 1 aromatic carbocycles. The number of rotatable bonds is 8. The average molecular weight is 888 g/mol. The average Bonchev–Trinajstić information content (AvgIpc) is 3.18. The van der Waals surface area contributed by atoms with Crippen molar-refractivity contribution in [2.24, 2.45) is 17.8 Å². The van der Waals surface area contributed by atoms with Crippen LogP contribution in [0.5, 0.6) is 0 Å². The third-order valence-electron chi connectivity index (χ3n) is 13.2. The molecule has 0 spiro atoms. The van der Waals surface area contributed by atoms with Crippen LogP contribution in [0.15, 0.2) is 24.3 Å². The lowest BCUT2D eigenvalue weighted by Gasteiger charge is -2.49. The maximum absolute atomic E-state index is 14.5. The number of aliphatic hydroxyl groups is 5. The van der Waals surface area contributed by atoms with E-state index in [1.54, 1.807) is 59.4 Å². The van der Waals surface area contributed by atoms with Crippen molar-refractivity contribution in [1.82, 2.24) is 9.80 Å². The molecule has 350 valence electrons. The predicted molar refractivity (Wildman–Crippen MR) is 231 cm³/mol. The Hall–Kier alpha value is -2.13. The van der Waals surface area contributed by atoms with Gasteiger partial charge in [0.25, 0.3) is 0 Å². The molecule has 3 fully saturated rings. The fraction of sp³-hybridized carbons (Fsp3) is 0.818. The summed E-state index contributed by atoms with van der Waals surface area (Å²) in [6, 6.07) is 4.52. The molecular weight excluding hydrogens is 814 g/mol. The standard InChI is InChI=1S/C44H74FN3O12S/c1-14-32-44(10,54)36(50)27(6)48(41(61)46-30-17-15-16-29(45)19-30)22-23(2)20-42(8,53)38(60-40-34(49)31(47(11)12)18-24(3)56-40)25(4)35(26(5)39(52)58-32)59-33-21-43(9,55-13)37(51)28(7)57-33/h15-17,19,23-28,31-38,40,49-51,53-54H,14,18,20-22H2,1-13H3,(H,46,61)/t23-,24-,25+,26-,27-,28+,31+,32-,33+,34-,35+,36-,37+,38-,40?,42?,43-,44-/m1/s1. The van der Waals surface area contributed by atoms with Gasteiger partial charge in [0.15, 0.2) is 17.7 Å². The first-order chi connectivity index (χ1) is 28.3. The first-order valence-corrected chi connectivity index (χ1v) is 22.0. The Kier molecular flexibility index (Phi) is 17.6. The van der Waals surface area contributed by atoms with E-state index in [4.69, 9.17) is 40.6 Å². The van der Waals surface area contributed by atoms with Gasteiger partial charge in [-0.15, -0.1) is 0 Å². The number of nitrogens with zero attached hydrogens (tertiary/aromatic N) is 2. The molecule has 0 radical (unpaired) electrons. The van der Waals surface area contributed by atoms with Crippen LogP contribution in [0.25, 0.3) is 0 Å². The first-order valence-electron chi connectivity index (χ1n) is 21.6. The fourth-order valence-electron chi connectivity index (χ4n) is 9.54. The van der Waals surface area contributed by atoms with E-state index < -0.39 is 108 Å². The molecule has 3 aliphatic heterocycles. The maximum atomic E-state index is 14.5. The highest BCUT2D eigenvalue weighted by Gasteiger charge is 2.53.